The van der Waals surface area contributed by atoms with Gasteiger partial charge in [0.2, 0.25) is 0 Å². The number of halogens is 1. The van der Waals surface area contributed by atoms with Gasteiger partial charge < -0.3 is 9.32 Å². The van der Waals surface area contributed by atoms with E-state index in [-0.39, 0.29) is 28.8 Å². The number of sulfone groups is 1. The van der Waals surface area contributed by atoms with E-state index in [1.54, 1.807) is 18.2 Å². The number of nitrogens with zero attached hydrogens (tertiary/aromatic N) is 3. The van der Waals surface area contributed by atoms with Gasteiger partial charge in [0.05, 0.1) is 35.5 Å². The van der Waals surface area contributed by atoms with Crippen LogP contribution in [0.15, 0.2) is 46.8 Å². The zero-order chi connectivity index (χ0) is 19.4. The van der Waals surface area contributed by atoms with Crippen LogP contribution >= 0.6 is 23.4 Å². The third-order valence-electron chi connectivity index (χ3n) is 4.07. The fourth-order valence-electron chi connectivity index (χ4n) is 2.80. The van der Waals surface area contributed by atoms with Gasteiger partial charge in [-0.3, -0.25) is 4.79 Å². The highest BCUT2D eigenvalue weighted by atomic mass is 35.5. The first-order chi connectivity index (χ1) is 12.9. The summed E-state index contributed by atoms with van der Waals surface area (Å²) in [4.78, 5) is 23.0. The largest absolute Gasteiger partial charge is 0.467 e. The summed E-state index contributed by atoms with van der Waals surface area (Å²) >= 11 is 7.50. The van der Waals surface area contributed by atoms with Crippen LogP contribution in [-0.2, 0) is 16.4 Å². The molecule has 144 valence electrons. The molecule has 27 heavy (non-hydrogen) atoms. The molecule has 2 aromatic rings. The minimum absolute atomic E-state index is 0.0501. The van der Waals surface area contributed by atoms with E-state index < -0.39 is 21.8 Å². The van der Waals surface area contributed by atoms with E-state index in [9.17, 15) is 13.2 Å². The Morgan fingerprint density at radius 2 is 2.33 bits per heavy atom. The second kappa shape index (κ2) is 8.45. The number of hydrogen-bond acceptors (Lipinski definition) is 7. The molecule has 0 radical (unpaired) electrons. The maximum atomic E-state index is 13.2. The summed E-state index contributed by atoms with van der Waals surface area (Å²) in [6, 6.07) is 2.99. The number of rotatable bonds is 7. The molecule has 0 spiro atoms. The fraction of sp³-hybridized carbons (Fsp3) is 0.353. The first-order valence-electron chi connectivity index (χ1n) is 8.19. The van der Waals surface area contributed by atoms with Crippen molar-refractivity contribution in [2.24, 2.45) is 0 Å². The lowest BCUT2D eigenvalue weighted by molar-refractivity contribution is 0.0659. The van der Waals surface area contributed by atoms with Crippen LogP contribution in [0, 0.1) is 0 Å². The fourth-order valence-corrected chi connectivity index (χ4v) is 5.25. The van der Waals surface area contributed by atoms with Crippen LogP contribution in [0.5, 0.6) is 0 Å². The molecule has 1 atom stereocenters. The van der Waals surface area contributed by atoms with Gasteiger partial charge in [0.15, 0.2) is 20.7 Å². The molecule has 3 heterocycles. The molecule has 0 aromatic carbocycles. The minimum Gasteiger partial charge on any atom is -0.467 e. The number of amides is 1. The van der Waals surface area contributed by atoms with E-state index in [0.717, 1.165) is 0 Å². The average molecular weight is 428 g/mol. The molecule has 0 saturated carbocycles. The van der Waals surface area contributed by atoms with Gasteiger partial charge >= 0.3 is 0 Å². The molecule has 1 aliphatic rings. The van der Waals surface area contributed by atoms with Crippen molar-refractivity contribution in [3.8, 4) is 0 Å². The van der Waals surface area contributed by atoms with Crippen LogP contribution in [0.3, 0.4) is 0 Å². The Morgan fingerprint density at radius 1 is 1.52 bits per heavy atom. The van der Waals surface area contributed by atoms with Crippen molar-refractivity contribution < 1.29 is 17.6 Å². The maximum absolute atomic E-state index is 13.2. The van der Waals surface area contributed by atoms with Crippen LogP contribution in [0.2, 0.25) is 5.02 Å². The maximum Gasteiger partial charge on any atom is 0.274 e. The number of aromatic nitrogens is 2. The van der Waals surface area contributed by atoms with Crippen LogP contribution in [0.1, 0.15) is 22.7 Å². The lowest BCUT2D eigenvalue weighted by Crippen LogP contribution is -2.41. The topological polar surface area (TPSA) is 93.4 Å². The number of hydrogen-bond donors (Lipinski definition) is 0. The third kappa shape index (κ3) is 4.91. The van der Waals surface area contributed by atoms with Gasteiger partial charge in [0, 0.05) is 11.8 Å². The molecule has 2 aromatic heterocycles. The van der Waals surface area contributed by atoms with E-state index in [1.807, 2.05) is 0 Å². The SMILES string of the molecule is C=CCSc1ncc(Cl)c(C(=O)N(Cc2ccco2)[C@H]2CCS(=O)(=O)C2)n1. The van der Waals surface area contributed by atoms with Crippen molar-refractivity contribution in [2.45, 2.75) is 24.2 Å². The summed E-state index contributed by atoms with van der Waals surface area (Å²) in [6.07, 6.45) is 4.96. The molecule has 0 unspecified atom stereocenters. The molecule has 3 rings (SSSR count). The molecule has 1 aliphatic heterocycles. The molecule has 1 saturated heterocycles. The molecular formula is C17H18ClN3O4S2. The first kappa shape index (κ1) is 19.9. The van der Waals surface area contributed by atoms with Crippen molar-refractivity contribution in [1.82, 2.24) is 14.9 Å². The highest BCUT2D eigenvalue weighted by molar-refractivity contribution is 7.99. The predicted molar refractivity (Wildman–Crippen MR) is 104 cm³/mol. The Kier molecular flexibility index (Phi) is 6.23. The number of carbonyl (C=O) groups is 1. The van der Waals surface area contributed by atoms with Crippen molar-refractivity contribution >= 4 is 39.1 Å². The number of carbonyl (C=O) groups excluding carboxylic acids is 1. The number of furan rings is 1. The summed E-state index contributed by atoms with van der Waals surface area (Å²) in [7, 11) is -3.17. The first-order valence-corrected chi connectivity index (χ1v) is 11.4. The van der Waals surface area contributed by atoms with Crippen LogP contribution in [-0.4, -0.2) is 52.5 Å². The summed E-state index contributed by atoms with van der Waals surface area (Å²) in [6.45, 7) is 3.78. The van der Waals surface area contributed by atoms with E-state index in [4.69, 9.17) is 16.0 Å². The molecule has 0 N–H and O–H groups in total. The Bertz CT molecular complexity index is 932. The van der Waals surface area contributed by atoms with E-state index in [2.05, 4.69) is 16.5 Å². The van der Waals surface area contributed by atoms with Crippen LogP contribution in [0.4, 0.5) is 0 Å². The lowest BCUT2D eigenvalue weighted by atomic mass is 10.2. The van der Waals surface area contributed by atoms with Gasteiger partial charge in [0.1, 0.15) is 5.76 Å². The predicted octanol–water partition coefficient (Wildman–Crippen LogP) is 2.83. The Balaban J connectivity index is 1.91. The van der Waals surface area contributed by atoms with Crippen LogP contribution in [0.25, 0.3) is 0 Å². The van der Waals surface area contributed by atoms with E-state index in [0.29, 0.717) is 23.1 Å². The highest BCUT2D eigenvalue weighted by Crippen LogP contribution is 2.25. The average Bonchev–Trinajstić information content (AvgIpc) is 3.27. The van der Waals surface area contributed by atoms with Gasteiger partial charge in [-0.25, -0.2) is 18.4 Å². The molecule has 10 heteroatoms. The zero-order valence-electron chi connectivity index (χ0n) is 14.4. The molecular weight excluding hydrogens is 410 g/mol. The van der Waals surface area contributed by atoms with Crippen LogP contribution < -0.4 is 0 Å². The third-order valence-corrected chi connectivity index (χ3v) is 6.96. The minimum atomic E-state index is -3.17. The van der Waals surface area contributed by atoms with Crippen molar-refractivity contribution in [3.63, 3.8) is 0 Å². The van der Waals surface area contributed by atoms with E-state index in [1.165, 1.54) is 29.1 Å². The van der Waals surface area contributed by atoms with Crippen molar-refractivity contribution in [1.29, 1.82) is 0 Å². The monoisotopic (exact) mass is 427 g/mol. The smallest absolute Gasteiger partial charge is 0.274 e. The second-order valence-corrected chi connectivity index (χ2v) is 9.64. The van der Waals surface area contributed by atoms with Gasteiger partial charge in [0.25, 0.3) is 5.91 Å². The molecule has 7 nitrogen and oxygen atoms in total. The Hall–Kier alpha value is -1.84. The molecule has 0 aliphatic carbocycles. The molecule has 1 amide bonds. The standard InChI is InChI=1S/C17H18ClN3O4S2/c1-2-7-26-17-19-9-14(18)15(20-17)16(22)21(10-13-4-3-6-25-13)12-5-8-27(23,24)11-12/h2-4,6,9,12H,1,5,7-8,10-11H2/t12-/m0/s1. The summed E-state index contributed by atoms with van der Waals surface area (Å²) < 4.78 is 29.2. The summed E-state index contributed by atoms with van der Waals surface area (Å²) in [5, 5.41) is 0.521. The van der Waals surface area contributed by atoms with Crippen molar-refractivity contribution in [2.75, 3.05) is 17.3 Å². The Labute approximate surface area is 166 Å². The van der Waals surface area contributed by atoms with Gasteiger partial charge in [-0.05, 0) is 18.6 Å². The van der Waals surface area contributed by atoms with Gasteiger partial charge in [-0.15, -0.1) is 6.58 Å². The number of thioether (sulfide) groups is 1. The highest BCUT2D eigenvalue weighted by Gasteiger charge is 2.36. The summed E-state index contributed by atoms with van der Waals surface area (Å²) in [5.41, 5.74) is 0.0501. The van der Waals surface area contributed by atoms with Gasteiger partial charge in [-0.2, -0.15) is 0 Å². The molecule has 1 fully saturated rings. The van der Waals surface area contributed by atoms with Gasteiger partial charge in [-0.1, -0.05) is 29.4 Å². The summed E-state index contributed by atoms with van der Waals surface area (Å²) in [5.74, 6) is 0.671. The quantitative estimate of drug-likeness (QED) is 0.381. The normalized spacial score (nSPS) is 18.3. The Morgan fingerprint density at radius 3 is 2.96 bits per heavy atom. The van der Waals surface area contributed by atoms with Crippen molar-refractivity contribution in [3.05, 3.63) is 53.7 Å². The zero-order valence-corrected chi connectivity index (χ0v) is 16.8. The molecule has 0 bridgehead atoms. The second-order valence-electron chi connectivity index (χ2n) is 6.02. The van der Waals surface area contributed by atoms with E-state index >= 15 is 0 Å². The lowest BCUT2D eigenvalue weighted by Gasteiger charge is -2.27.